The average molecular weight is 451 g/mol. The number of pyridine rings is 1. The van der Waals surface area contributed by atoms with Gasteiger partial charge in [-0.15, -0.1) is 0 Å². The summed E-state index contributed by atoms with van der Waals surface area (Å²) in [5.41, 5.74) is 4.42. The van der Waals surface area contributed by atoms with Crippen LogP contribution in [-0.2, 0) is 6.54 Å². The summed E-state index contributed by atoms with van der Waals surface area (Å²) in [5.74, 6) is 0.0530. The van der Waals surface area contributed by atoms with E-state index in [1.165, 1.54) is 11.1 Å². The molecule has 5 rings (SSSR count). The molecule has 3 aromatic carbocycles. The van der Waals surface area contributed by atoms with Crippen LogP contribution in [0.4, 0.5) is 0 Å². The summed E-state index contributed by atoms with van der Waals surface area (Å²) in [6.07, 6.45) is 0. The molecule has 0 amide bonds. The molecule has 6 heteroatoms. The maximum Gasteiger partial charge on any atom is 0.260 e. The molecular weight excluding hydrogens is 431 g/mol. The van der Waals surface area contributed by atoms with Gasteiger partial charge >= 0.3 is 0 Å². The fraction of sp³-hybridized carbons (Fsp3) is 0.160. The van der Waals surface area contributed by atoms with Crippen LogP contribution in [0.1, 0.15) is 22.6 Å². The number of likely N-dealkylation sites (N-methyl/N-ethyl adjacent to an activating group) is 1. The lowest BCUT2D eigenvalue weighted by atomic mass is 9.81. The number of nitrogens with one attached hydrogen (secondary N) is 1. The second kappa shape index (κ2) is 7.72. The molecule has 0 radical (unpaired) electrons. The van der Waals surface area contributed by atoms with Gasteiger partial charge < -0.3 is 15.0 Å². The Morgan fingerprint density at radius 1 is 1.06 bits per heavy atom. The van der Waals surface area contributed by atoms with E-state index in [1.807, 2.05) is 30.3 Å². The smallest absolute Gasteiger partial charge is 0.260 e. The Kier molecular flexibility index (Phi) is 5.01. The van der Waals surface area contributed by atoms with Gasteiger partial charge in [0.1, 0.15) is 5.75 Å². The van der Waals surface area contributed by atoms with Gasteiger partial charge in [-0.2, -0.15) is 0 Å². The maximum atomic E-state index is 13.1. The topological polar surface area (TPSA) is 56.3 Å². The van der Waals surface area contributed by atoms with Gasteiger partial charge in [0.2, 0.25) is 0 Å². The molecule has 0 bridgehead atoms. The Bertz CT molecular complexity index is 1370. The van der Waals surface area contributed by atoms with E-state index in [9.17, 15) is 9.90 Å². The van der Waals surface area contributed by atoms with Crippen LogP contribution in [0.25, 0.3) is 22.0 Å². The van der Waals surface area contributed by atoms with Crippen LogP contribution in [0.5, 0.6) is 5.75 Å². The minimum absolute atomic E-state index is 0.127. The zero-order valence-corrected chi connectivity index (χ0v) is 18.3. The first-order valence-corrected chi connectivity index (χ1v) is 10.8. The van der Waals surface area contributed by atoms with E-state index in [0.717, 1.165) is 17.7 Å². The van der Waals surface area contributed by atoms with E-state index in [-0.39, 0.29) is 22.8 Å². The molecule has 0 aliphatic carbocycles. The van der Waals surface area contributed by atoms with Crippen molar-refractivity contribution in [3.63, 3.8) is 0 Å². The lowest BCUT2D eigenvalue weighted by molar-refractivity contribution is 0.295. The Labute approximate surface area is 189 Å². The van der Waals surface area contributed by atoms with Crippen molar-refractivity contribution >= 4 is 34.1 Å². The molecule has 156 valence electrons. The number of hydrogen-bond donors (Lipinski definition) is 2. The Balaban J connectivity index is 1.77. The van der Waals surface area contributed by atoms with Crippen molar-refractivity contribution in [1.29, 1.82) is 0 Å². The van der Waals surface area contributed by atoms with E-state index < -0.39 is 0 Å². The quantitative estimate of drug-likeness (QED) is 0.406. The van der Waals surface area contributed by atoms with Crippen molar-refractivity contribution in [1.82, 2.24) is 9.88 Å². The summed E-state index contributed by atoms with van der Waals surface area (Å²) >= 11 is 12.5. The van der Waals surface area contributed by atoms with E-state index >= 15 is 0 Å². The number of benzene rings is 3. The molecule has 1 aliphatic rings. The summed E-state index contributed by atoms with van der Waals surface area (Å²) < 4.78 is 0. The molecule has 4 nitrogen and oxygen atoms in total. The third-order valence-electron chi connectivity index (χ3n) is 5.99. The van der Waals surface area contributed by atoms with Crippen LogP contribution in [0, 0.1) is 0 Å². The monoisotopic (exact) mass is 450 g/mol. The molecule has 31 heavy (non-hydrogen) atoms. The summed E-state index contributed by atoms with van der Waals surface area (Å²) in [7, 11) is 2.07. The van der Waals surface area contributed by atoms with Crippen LogP contribution >= 0.6 is 23.2 Å². The Morgan fingerprint density at radius 2 is 1.84 bits per heavy atom. The highest BCUT2D eigenvalue weighted by molar-refractivity contribution is 6.39. The zero-order valence-electron chi connectivity index (χ0n) is 16.8. The number of aromatic hydroxyl groups is 1. The van der Waals surface area contributed by atoms with Crippen molar-refractivity contribution in [2.75, 3.05) is 13.6 Å². The van der Waals surface area contributed by atoms with Crippen molar-refractivity contribution in [2.45, 2.75) is 12.5 Å². The number of hydrogen-bond acceptors (Lipinski definition) is 3. The minimum atomic E-state index is -0.374. The maximum absolute atomic E-state index is 13.1. The van der Waals surface area contributed by atoms with E-state index in [2.05, 4.69) is 35.1 Å². The first kappa shape index (κ1) is 20.1. The lowest BCUT2D eigenvalue weighted by Gasteiger charge is -2.34. The number of nitrogens with zero attached hydrogens (tertiary/aromatic N) is 1. The summed E-state index contributed by atoms with van der Waals surface area (Å²) in [6.45, 7) is 1.56. The predicted molar refractivity (Wildman–Crippen MR) is 126 cm³/mol. The van der Waals surface area contributed by atoms with Crippen molar-refractivity contribution in [3.05, 3.63) is 97.8 Å². The van der Waals surface area contributed by atoms with Gasteiger partial charge in [0, 0.05) is 24.0 Å². The molecule has 0 fully saturated rings. The van der Waals surface area contributed by atoms with Gasteiger partial charge in [0.15, 0.2) is 0 Å². The van der Waals surface area contributed by atoms with Gasteiger partial charge in [0.05, 0.1) is 21.5 Å². The van der Waals surface area contributed by atoms with E-state index in [4.69, 9.17) is 23.2 Å². The van der Waals surface area contributed by atoms with Gasteiger partial charge in [-0.05, 0) is 41.4 Å². The largest absolute Gasteiger partial charge is 0.506 e. The van der Waals surface area contributed by atoms with Gasteiger partial charge in [-0.25, -0.2) is 0 Å². The molecule has 2 N–H and O–H groups in total. The van der Waals surface area contributed by atoms with Crippen molar-refractivity contribution in [3.8, 4) is 16.9 Å². The fourth-order valence-electron chi connectivity index (χ4n) is 4.64. The summed E-state index contributed by atoms with van der Waals surface area (Å²) in [5, 5.41) is 12.2. The van der Waals surface area contributed by atoms with Crippen LogP contribution < -0.4 is 5.56 Å². The second-order valence-electron chi connectivity index (χ2n) is 8.02. The first-order chi connectivity index (χ1) is 14.9. The van der Waals surface area contributed by atoms with Gasteiger partial charge in [0.25, 0.3) is 5.56 Å². The van der Waals surface area contributed by atoms with Crippen LogP contribution in [0.2, 0.25) is 10.0 Å². The predicted octanol–water partition coefficient (Wildman–Crippen LogP) is 5.78. The molecular formula is C25H20Cl2N2O2. The molecule has 1 aromatic heterocycles. The summed E-state index contributed by atoms with van der Waals surface area (Å²) in [6, 6.07) is 19.5. The van der Waals surface area contributed by atoms with Crippen LogP contribution in [0.15, 0.2) is 65.5 Å². The number of aromatic nitrogens is 1. The first-order valence-electron chi connectivity index (χ1n) is 10.0. The van der Waals surface area contributed by atoms with E-state index in [0.29, 0.717) is 27.5 Å². The molecule has 1 aliphatic heterocycles. The molecule has 2 heterocycles. The molecule has 0 saturated heterocycles. The Hall–Kier alpha value is -2.79. The van der Waals surface area contributed by atoms with Gasteiger partial charge in [-0.1, -0.05) is 71.7 Å². The fourth-order valence-corrected chi connectivity index (χ4v) is 5.22. The van der Waals surface area contributed by atoms with Gasteiger partial charge in [-0.3, -0.25) is 4.79 Å². The second-order valence-corrected chi connectivity index (χ2v) is 8.86. The number of H-pyrrole nitrogens is 1. The minimum Gasteiger partial charge on any atom is -0.506 e. The average Bonchev–Trinajstić information content (AvgIpc) is 2.73. The zero-order chi connectivity index (χ0) is 21.7. The number of aromatic amines is 1. The van der Waals surface area contributed by atoms with Crippen LogP contribution in [0.3, 0.4) is 0 Å². The highest BCUT2D eigenvalue weighted by atomic mass is 35.5. The SMILES string of the molecule is CN1Cc2c(-c3c(O)c4c(Cl)cc(Cl)cc4[nH]c3=O)cccc2[C@@H](c2ccccc2)C1. The molecule has 0 unspecified atom stereocenters. The highest BCUT2D eigenvalue weighted by Gasteiger charge is 2.28. The molecule has 0 saturated carbocycles. The molecule has 1 atom stereocenters. The standard InChI is InChI=1S/C25H20Cl2N2O2/c1-29-12-18(14-6-3-2-4-7-14)16-8-5-9-17(19(16)13-29)22-24(30)23-20(27)10-15(26)11-21(23)28-25(22)31/h2-11,18H,12-13H2,1H3,(H2,28,30,31)/t18-/m1/s1. The number of halogens is 2. The van der Waals surface area contributed by atoms with Crippen molar-refractivity contribution in [2.24, 2.45) is 0 Å². The van der Waals surface area contributed by atoms with Crippen molar-refractivity contribution < 1.29 is 5.11 Å². The lowest BCUT2D eigenvalue weighted by Crippen LogP contribution is -2.31. The van der Waals surface area contributed by atoms with Crippen LogP contribution in [-0.4, -0.2) is 28.6 Å². The third kappa shape index (κ3) is 3.41. The normalized spacial score (nSPS) is 16.4. The molecule has 4 aromatic rings. The van der Waals surface area contributed by atoms with E-state index in [1.54, 1.807) is 12.1 Å². The molecule has 0 spiro atoms. The Morgan fingerprint density at radius 3 is 2.61 bits per heavy atom. The number of fused-ring (bicyclic) bond motifs is 2. The summed E-state index contributed by atoms with van der Waals surface area (Å²) in [4.78, 5) is 18.2. The number of rotatable bonds is 2. The highest BCUT2D eigenvalue weighted by Crippen LogP contribution is 2.42. The third-order valence-corrected chi connectivity index (χ3v) is 6.50.